The van der Waals surface area contributed by atoms with E-state index in [1.807, 2.05) is 0 Å². The molecule has 10 nitrogen and oxygen atoms in total. The third-order valence-electron chi connectivity index (χ3n) is 3.68. The van der Waals surface area contributed by atoms with Gasteiger partial charge in [-0.25, -0.2) is 21.1 Å². The Kier molecular flexibility index (Phi) is 5.87. The summed E-state index contributed by atoms with van der Waals surface area (Å²) in [6.45, 7) is 0. The number of nitrogens with one attached hydrogen (secondary N) is 1. The number of carbonyl (C=O) groups excluding carboxylic acids is 1. The Bertz CT molecular complexity index is 1140. The molecule has 150 valence electrons. The van der Waals surface area contributed by atoms with Gasteiger partial charge in [-0.3, -0.25) is 14.9 Å². The first-order valence-corrected chi connectivity index (χ1v) is 11.0. The molecule has 0 radical (unpaired) electrons. The summed E-state index contributed by atoms with van der Waals surface area (Å²) in [7, 11) is -4.64. The van der Waals surface area contributed by atoms with E-state index < -0.39 is 36.4 Å². The number of nitrogens with zero attached hydrogens (tertiary/aromatic N) is 2. The van der Waals surface area contributed by atoms with Gasteiger partial charge >= 0.3 is 0 Å². The van der Waals surface area contributed by atoms with E-state index in [2.05, 4.69) is 5.32 Å². The van der Waals surface area contributed by atoms with E-state index in [4.69, 9.17) is 0 Å². The maximum Gasteiger partial charge on any atom is 0.271 e. The lowest BCUT2D eigenvalue weighted by atomic mass is 10.2. The number of sulfonamides is 1. The van der Waals surface area contributed by atoms with Gasteiger partial charge in [-0.1, -0.05) is 0 Å². The Morgan fingerprint density at radius 2 is 1.57 bits per heavy atom. The summed E-state index contributed by atoms with van der Waals surface area (Å²) < 4.78 is 48.5. The Morgan fingerprint density at radius 3 is 2.04 bits per heavy atom. The average molecular weight is 427 g/mol. The normalized spacial score (nSPS) is 12.0. The quantitative estimate of drug-likeness (QED) is 0.543. The number of hydrogen-bond acceptors (Lipinski definition) is 7. The highest BCUT2D eigenvalue weighted by Gasteiger charge is 2.20. The molecule has 0 atom stereocenters. The summed E-state index contributed by atoms with van der Waals surface area (Å²) in [6, 6.07) is 8.14. The number of carbonyl (C=O) groups is 1. The van der Waals surface area contributed by atoms with E-state index in [1.165, 1.54) is 38.4 Å². The fourth-order valence-corrected chi connectivity index (χ4v) is 3.74. The third-order valence-corrected chi connectivity index (χ3v) is 6.60. The van der Waals surface area contributed by atoms with E-state index >= 15 is 0 Å². The predicted molar refractivity (Wildman–Crippen MR) is 101 cm³/mol. The first-order chi connectivity index (χ1) is 12.8. The fraction of sp³-hybridized carbons (Fsp3) is 0.188. The number of hydrogen-bond donors (Lipinski definition) is 1. The molecule has 0 aliphatic carbocycles. The molecule has 0 aliphatic heterocycles. The number of benzene rings is 2. The van der Waals surface area contributed by atoms with Crippen molar-refractivity contribution in [1.82, 2.24) is 4.31 Å². The molecule has 1 amide bonds. The molecule has 0 bridgehead atoms. The second-order valence-corrected chi connectivity index (χ2v) is 10.2. The summed E-state index contributed by atoms with van der Waals surface area (Å²) in [5, 5.41) is 13.5. The van der Waals surface area contributed by atoms with Crippen LogP contribution in [0.3, 0.4) is 0 Å². The van der Waals surface area contributed by atoms with E-state index in [9.17, 15) is 31.7 Å². The maximum atomic E-state index is 12.4. The molecule has 0 spiro atoms. The summed E-state index contributed by atoms with van der Waals surface area (Å²) in [5.74, 6) is -0.781. The Morgan fingerprint density at radius 1 is 1.00 bits per heavy atom. The van der Waals surface area contributed by atoms with Gasteiger partial charge in [-0.2, -0.15) is 0 Å². The minimum atomic E-state index is -3.77. The second-order valence-electron chi connectivity index (χ2n) is 6.01. The van der Waals surface area contributed by atoms with E-state index in [1.54, 1.807) is 0 Å². The highest BCUT2D eigenvalue weighted by Crippen LogP contribution is 2.22. The molecule has 0 aliphatic rings. The molecule has 2 aromatic rings. The van der Waals surface area contributed by atoms with Gasteiger partial charge in [0.25, 0.3) is 11.6 Å². The standard InChI is InChI=1S/C16H17N3O7S2/c1-18(2)28(25,26)14-6-4-12(5-7-14)17-16(20)11-8-13(19(21)22)10-15(9-11)27(3,23)24/h4-10H,1-3H3,(H,17,20). The first kappa shape index (κ1) is 21.5. The zero-order chi connectivity index (χ0) is 21.3. The van der Waals surface area contributed by atoms with Gasteiger partial charge in [0, 0.05) is 43.7 Å². The lowest BCUT2D eigenvalue weighted by Gasteiger charge is -2.12. The second kappa shape index (κ2) is 7.66. The highest BCUT2D eigenvalue weighted by atomic mass is 32.2. The van der Waals surface area contributed by atoms with Crippen molar-refractivity contribution in [3.05, 3.63) is 58.1 Å². The van der Waals surface area contributed by atoms with Gasteiger partial charge in [-0.15, -0.1) is 0 Å². The number of rotatable bonds is 6. The number of sulfone groups is 1. The van der Waals surface area contributed by atoms with E-state index in [0.29, 0.717) is 0 Å². The van der Waals surface area contributed by atoms with Crippen LogP contribution < -0.4 is 5.32 Å². The van der Waals surface area contributed by atoms with Gasteiger partial charge in [0.2, 0.25) is 10.0 Å². The largest absolute Gasteiger partial charge is 0.322 e. The lowest BCUT2D eigenvalue weighted by Crippen LogP contribution is -2.22. The molecule has 0 saturated carbocycles. The molecule has 1 N–H and O–H groups in total. The monoisotopic (exact) mass is 427 g/mol. The molecule has 0 saturated heterocycles. The van der Waals surface area contributed by atoms with Gasteiger partial charge in [-0.05, 0) is 30.3 Å². The van der Waals surface area contributed by atoms with Gasteiger partial charge < -0.3 is 5.32 Å². The summed E-state index contributed by atoms with van der Waals surface area (Å²) in [6.07, 6.45) is 0.873. The van der Waals surface area contributed by atoms with Crippen LogP contribution in [-0.4, -0.2) is 52.3 Å². The molecule has 0 aromatic heterocycles. The number of amides is 1. The van der Waals surface area contributed by atoms with Crippen LogP contribution >= 0.6 is 0 Å². The van der Waals surface area contributed by atoms with Crippen molar-refractivity contribution in [2.45, 2.75) is 9.79 Å². The lowest BCUT2D eigenvalue weighted by molar-refractivity contribution is -0.385. The van der Waals surface area contributed by atoms with Crippen LogP contribution in [0, 0.1) is 10.1 Å². The zero-order valence-electron chi connectivity index (χ0n) is 15.1. The molecule has 0 unspecified atom stereocenters. The van der Waals surface area contributed by atoms with Crippen molar-refractivity contribution in [3.8, 4) is 0 Å². The minimum absolute atomic E-state index is 0.0187. The molecular weight excluding hydrogens is 410 g/mol. The average Bonchev–Trinajstić information content (AvgIpc) is 2.60. The van der Waals surface area contributed by atoms with E-state index in [0.717, 1.165) is 28.8 Å². The number of non-ortho nitro benzene ring substituents is 1. The van der Waals surface area contributed by atoms with Crippen molar-refractivity contribution < 1.29 is 26.6 Å². The number of nitro groups is 1. The SMILES string of the molecule is CN(C)S(=O)(=O)c1ccc(NC(=O)c2cc([N+](=O)[O-])cc(S(C)(=O)=O)c2)cc1. The molecule has 2 aromatic carbocycles. The Hall–Kier alpha value is -2.83. The van der Waals surface area contributed by atoms with Gasteiger partial charge in [0.05, 0.1) is 14.7 Å². The van der Waals surface area contributed by atoms with Crippen molar-refractivity contribution >= 4 is 37.1 Å². The molecule has 0 heterocycles. The zero-order valence-corrected chi connectivity index (χ0v) is 16.7. The van der Waals surface area contributed by atoms with Crippen molar-refractivity contribution in [3.63, 3.8) is 0 Å². The van der Waals surface area contributed by atoms with Gasteiger partial charge in [0.1, 0.15) is 0 Å². The molecular formula is C16H17N3O7S2. The van der Waals surface area contributed by atoms with Crippen LogP contribution in [0.1, 0.15) is 10.4 Å². The van der Waals surface area contributed by atoms with Crippen LogP contribution in [0.2, 0.25) is 0 Å². The Labute approximate surface area is 161 Å². The molecule has 0 fully saturated rings. The highest BCUT2D eigenvalue weighted by molar-refractivity contribution is 7.90. The maximum absolute atomic E-state index is 12.4. The van der Waals surface area contributed by atoms with Crippen LogP contribution in [0.4, 0.5) is 11.4 Å². The summed E-state index contributed by atoms with van der Waals surface area (Å²) >= 11 is 0. The minimum Gasteiger partial charge on any atom is -0.322 e. The molecule has 28 heavy (non-hydrogen) atoms. The first-order valence-electron chi connectivity index (χ1n) is 7.66. The van der Waals surface area contributed by atoms with Gasteiger partial charge in [0.15, 0.2) is 9.84 Å². The smallest absolute Gasteiger partial charge is 0.271 e. The summed E-state index contributed by atoms with van der Waals surface area (Å²) in [5.41, 5.74) is -0.532. The number of nitro benzene ring substituents is 1. The van der Waals surface area contributed by atoms with Crippen molar-refractivity contribution in [1.29, 1.82) is 0 Å². The molecule has 2 rings (SSSR count). The predicted octanol–water partition coefficient (Wildman–Crippen LogP) is 1.50. The van der Waals surface area contributed by atoms with E-state index in [-0.39, 0.29) is 21.0 Å². The fourth-order valence-electron chi connectivity index (χ4n) is 2.16. The van der Waals surface area contributed by atoms with Crippen LogP contribution in [-0.2, 0) is 19.9 Å². The third kappa shape index (κ3) is 4.71. The number of anilines is 1. The summed E-state index contributed by atoms with van der Waals surface area (Å²) in [4.78, 5) is 22.3. The van der Waals surface area contributed by atoms with Crippen LogP contribution in [0.15, 0.2) is 52.3 Å². The Balaban J connectivity index is 2.35. The molecule has 12 heteroatoms. The topological polar surface area (TPSA) is 144 Å². The van der Waals surface area contributed by atoms with Crippen LogP contribution in [0.5, 0.6) is 0 Å². The van der Waals surface area contributed by atoms with Crippen molar-refractivity contribution in [2.75, 3.05) is 25.7 Å². The van der Waals surface area contributed by atoms with Crippen molar-refractivity contribution in [2.24, 2.45) is 0 Å². The van der Waals surface area contributed by atoms with Crippen LogP contribution in [0.25, 0.3) is 0 Å².